The first-order valence-electron chi connectivity index (χ1n) is 18.3. The van der Waals surface area contributed by atoms with Crippen LogP contribution in [0.25, 0.3) is 0 Å². The zero-order valence-electron chi connectivity index (χ0n) is 33.1. The van der Waals surface area contributed by atoms with Gasteiger partial charge in [-0.15, -0.1) is 0 Å². The largest absolute Gasteiger partial charge is 0.489 e. The molecule has 0 atom stereocenters. The fraction of sp³-hybridized carbons (Fsp3) is 0.244. The number of hydrogen-bond acceptors (Lipinski definition) is 9. The maximum Gasteiger partial charge on any atom is 0.412 e. The zero-order valence-corrected chi connectivity index (χ0v) is 33.1. The second-order valence-electron chi connectivity index (χ2n) is 14.4. The average Bonchev–Trinajstić information content (AvgIpc) is 3.17. The van der Waals surface area contributed by atoms with Crippen molar-refractivity contribution in [3.05, 3.63) is 143 Å². The lowest BCUT2D eigenvalue weighted by Crippen LogP contribution is -2.27. The highest BCUT2D eigenvalue weighted by Gasteiger charge is 2.21. The van der Waals surface area contributed by atoms with Crippen molar-refractivity contribution in [2.24, 2.45) is 0 Å². The predicted octanol–water partition coefficient (Wildman–Crippen LogP) is 9.58. The summed E-state index contributed by atoms with van der Waals surface area (Å²) in [7, 11) is 1.29. The highest BCUT2D eigenvalue weighted by Crippen LogP contribution is 2.32. The van der Waals surface area contributed by atoms with Crippen LogP contribution in [0.5, 0.6) is 17.2 Å². The van der Waals surface area contributed by atoms with Crippen molar-refractivity contribution < 1.29 is 42.9 Å². The molecular weight excluding hydrogens is 727 g/mol. The van der Waals surface area contributed by atoms with Crippen LogP contribution in [0.3, 0.4) is 0 Å². The summed E-state index contributed by atoms with van der Waals surface area (Å²) in [6.07, 6.45) is -0.976. The normalized spacial score (nSPS) is 10.9. The SMILES string of the molecule is COC(=O)c1ccc(NC(=O)c2ccc(NC(=O)c3ccc(NC(=O)OC(C)(C)C)c(OCc4ccccc4)c3)c(OC(C)C)c2)c(OCc2ccc(C)cc2)c1. The van der Waals surface area contributed by atoms with E-state index in [9.17, 15) is 19.2 Å². The highest BCUT2D eigenvalue weighted by molar-refractivity contribution is 6.08. The van der Waals surface area contributed by atoms with Gasteiger partial charge in [0.1, 0.15) is 36.1 Å². The van der Waals surface area contributed by atoms with E-state index in [4.69, 9.17) is 23.7 Å². The van der Waals surface area contributed by atoms with Gasteiger partial charge >= 0.3 is 12.1 Å². The van der Waals surface area contributed by atoms with Gasteiger partial charge in [-0.2, -0.15) is 0 Å². The number of benzene rings is 5. The summed E-state index contributed by atoms with van der Waals surface area (Å²) in [4.78, 5) is 52.4. The molecule has 5 aromatic rings. The smallest absolute Gasteiger partial charge is 0.412 e. The van der Waals surface area contributed by atoms with Crippen molar-refractivity contribution in [2.75, 3.05) is 23.1 Å². The van der Waals surface area contributed by atoms with E-state index in [2.05, 4.69) is 16.0 Å². The van der Waals surface area contributed by atoms with Gasteiger partial charge in [0.2, 0.25) is 0 Å². The van der Waals surface area contributed by atoms with Gasteiger partial charge in [0.25, 0.3) is 11.8 Å². The van der Waals surface area contributed by atoms with Crippen LogP contribution in [-0.4, -0.2) is 42.7 Å². The molecule has 0 unspecified atom stereocenters. The molecule has 5 aromatic carbocycles. The van der Waals surface area contributed by atoms with Gasteiger partial charge in [-0.05, 0) is 107 Å². The van der Waals surface area contributed by atoms with Crippen molar-refractivity contribution in [3.63, 3.8) is 0 Å². The molecule has 3 N–H and O–H groups in total. The van der Waals surface area contributed by atoms with E-state index in [0.717, 1.165) is 16.7 Å². The van der Waals surface area contributed by atoms with E-state index < -0.39 is 29.5 Å². The van der Waals surface area contributed by atoms with Crippen LogP contribution >= 0.6 is 0 Å². The molecule has 5 rings (SSSR count). The fourth-order valence-electron chi connectivity index (χ4n) is 5.38. The third-order valence-electron chi connectivity index (χ3n) is 8.14. The Kier molecular flexibility index (Phi) is 13.5. The first-order valence-corrected chi connectivity index (χ1v) is 18.3. The number of carbonyl (C=O) groups is 4. The van der Waals surface area contributed by atoms with Gasteiger partial charge in [-0.3, -0.25) is 14.9 Å². The number of carbonyl (C=O) groups excluding carboxylic acids is 4. The van der Waals surface area contributed by atoms with Gasteiger partial charge < -0.3 is 34.3 Å². The Morgan fingerprint density at radius 2 is 1.07 bits per heavy atom. The minimum atomic E-state index is -0.725. The summed E-state index contributed by atoms with van der Waals surface area (Å²) in [6, 6.07) is 31.2. The number of aryl methyl sites for hydroxylation is 1. The molecule has 12 nitrogen and oxygen atoms in total. The van der Waals surface area contributed by atoms with Gasteiger partial charge in [-0.25, -0.2) is 9.59 Å². The number of ether oxygens (including phenoxy) is 5. The molecule has 0 bridgehead atoms. The summed E-state index contributed by atoms with van der Waals surface area (Å²) in [5.41, 5.74) is 3.86. The molecule has 0 aliphatic carbocycles. The standard InChI is InChI=1S/C45H47N3O9/c1-28(2)56-40-24-33(42(50)46-35-22-19-34(43(51)53-7)25-39(35)55-27-31-15-13-29(3)14-16-31)18-21-37(40)47-41(49)32-17-20-36(48-44(52)57-45(4,5)6)38(23-32)54-26-30-11-9-8-10-12-30/h8-25,28H,26-27H2,1-7H3,(H,46,50)(H,47,49)(H,48,52). The van der Waals surface area contributed by atoms with Gasteiger partial charge in [0.05, 0.1) is 35.8 Å². The summed E-state index contributed by atoms with van der Waals surface area (Å²) >= 11 is 0. The molecule has 0 spiro atoms. The quantitative estimate of drug-likeness (QED) is 0.0938. The molecule has 0 aromatic heterocycles. The minimum Gasteiger partial charge on any atom is -0.489 e. The molecule has 0 aliphatic heterocycles. The van der Waals surface area contributed by atoms with Gasteiger partial charge in [0.15, 0.2) is 0 Å². The molecule has 0 fully saturated rings. The van der Waals surface area contributed by atoms with Crippen molar-refractivity contribution >= 4 is 40.9 Å². The molecule has 0 heterocycles. The molecule has 0 saturated carbocycles. The van der Waals surface area contributed by atoms with Crippen LogP contribution in [0.4, 0.5) is 21.9 Å². The first kappa shape index (κ1) is 41.3. The predicted molar refractivity (Wildman–Crippen MR) is 218 cm³/mol. The number of rotatable bonds is 14. The third-order valence-corrected chi connectivity index (χ3v) is 8.14. The van der Waals surface area contributed by atoms with E-state index >= 15 is 0 Å². The zero-order chi connectivity index (χ0) is 41.1. The second-order valence-corrected chi connectivity index (χ2v) is 14.4. The number of methoxy groups -OCH3 is 1. The average molecular weight is 774 g/mol. The lowest BCUT2D eigenvalue weighted by atomic mass is 10.1. The Balaban J connectivity index is 1.37. The van der Waals surface area contributed by atoms with E-state index in [1.165, 1.54) is 31.4 Å². The molecular formula is C45H47N3O9. The molecule has 0 saturated heterocycles. The Hall–Kier alpha value is -6.82. The fourth-order valence-corrected chi connectivity index (χ4v) is 5.38. The van der Waals surface area contributed by atoms with Crippen LogP contribution in [0.1, 0.15) is 82.4 Å². The summed E-state index contributed by atoms with van der Waals surface area (Å²) < 4.78 is 28.5. The molecule has 0 radical (unpaired) electrons. The summed E-state index contributed by atoms with van der Waals surface area (Å²) in [5.74, 6) is -0.744. The minimum absolute atomic E-state index is 0.181. The second kappa shape index (κ2) is 18.7. The van der Waals surface area contributed by atoms with Crippen molar-refractivity contribution in [2.45, 2.75) is 66.5 Å². The van der Waals surface area contributed by atoms with Crippen LogP contribution in [0, 0.1) is 6.92 Å². The topological polar surface area (TPSA) is 151 Å². The van der Waals surface area contributed by atoms with Crippen LogP contribution in [0.2, 0.25) is 0 Å². The molecule has 0 aliphatic rings. The lowest BCUT2D eigenvalue weighted by molar-refractivity contribution is 0.0597. The monoisotopic (exact) mass is 773 g/mol. The maximum absolute atomic E-state index is 13.7. The molecule has 57 heavy (non-hydrogen) atoms. The number of amides is 3. The van der Waals surface area contributed by atoms with Crippen LogP contribution in [-0.2, 0) is 22.7 Å². The van der Waals surface area contributed by atoms with E-state index in [0.29, 0.717) is 17.1 Å². The number of anilines is 3. The Bertz CT molecular complexity index is 2210. The van der Waals surface area contributed by atoms with Gasteiger partial charge in [-0.1, -0.05) is 60.2 Å². The van der Waals surface area contributed by atoms with Gasteiger partial charge in [0, 0.05) is 11.1 Å². The number of nitrogens with one attached hydrogen (secondary N) is 3. The van der Waals surface area contributed by atoms with E-state index in [-0.39, 0.29) is 53.3 Å². The number of esters is 1. The Labute approximate surface area is 332 Å². The lowest BCUT2D eigenvalue weighted by Gasteiger charge is -2.21. The summed E-state index contributed by atoms with van der Waals surface area (Å²) in [6.45, 7) is 11.3. The summed E-state index contributed by atoms with van der Waals surface area (Å²) in [5, 5.41) is 8.46. The van der Waals surface area contributed by atoms with Crippen LogP contribution < -0.4 is 30.2 Å². The van der Waals surface area contributed by atoms with Crippen molar-refractivity contribution in [1.82, 2.24) is 0 Å². The third kappa shape index (κ3) is 12.1. The maximum atomic E-state index is 13.7. The molecule has 12 heteroatoms. The molecule has 296 valence electrons. The van der Waals surface area contributed by atoms with E-state index in [1.807, 2.05) is 75.4 Å². The van der Waals surface area contributed by atoms with E-state index in [1.54, 1.807) is 51.1 Å². The van der Waals surface area contributed by atoms with Crippen molar-refractivity contribution in [1.29, 1.82) is 0 Å². The van der Waals surface area contributed by atoms with Crippen molar-refractivity contribution in [3.8, 4) is 17.2 Å². The Morgan fingerprint density at radius 3 is 1.60 bits per heavy atom. The first-order chi connectivity index (χ1) is 27.2. The Morgan fingerprint density at radius 1 is 0.596 bits per heavy atom. The van der Waals surface area contributed by atoms with Crippen LogP contribution in [0.15, 0.2) is 109 Å². The molecule has 3 amide bonds. The highest BCUT2D eigenvalue weighted by atomic mass is 16.6. The number of hydrogen-bond donors (Lipinski definition) is 3.